The average molecular weight is 289 g/mol. The molecule has 0 radical (unpaired) electrons. The maximum atomic E-state index is 5.62. The van der Waals surface area contributed by atoms with Crippen molar-refractivity contribution in [1.82, 2.24) is 14.5 Å². The van der Waals surface area contributed by atoms with Crippen molar-refractivity contribution in [2.75, 3.05) is 7.11 Å². The van der Waals surface area contributed by atoms with Gasteiger partial charge in [-0.15, -0.1) is 0 Å². The molecule has 0 amide bonds. The Kier molecular flexibility index (Phi) is 3.10. The normalized spacial score (nSPS) is 11.2. The van der Waals surface area contributed by atoms with E-state index in [1.807, 2.05) is 36.6 Å². The summed E-state index contributed by atoms with van der Waals surface area (Å²) in [6.45, 7) is 4.35. The smallest absolute Gasteiger partial charge is 0.214 e. The van der Waals surface area contributed by atoms with Crippen LogP contribution >= 0.6 is 12.2 Å². The molecular weight excluding hydrogens is 274 g/mol. The zero-order valence-corrected chi connectivity index (χ0v) is 12.4. The third-order valence-electron chi connectivity index (χ3n) is 3.35. The van der Waals surface area contributed by atoms with Gasteiger partial charge in [0, 0.05) is 6.07 Å². The highest BCUT2D eigenvalue weighted by Crippen LogP contribution is 2.21. The first kappa shape index (κ1) is 12.9. The van der Waals surface area contributed by atoms with Crippen LogP contribution in [0.25, 0.3) is 11.0 Å². The van der Waals surface area contributed by atoms with Crippen molar-refractivity contribution in [2.45, 2.75) is 20.4 Å². The standard InChI is InChI=1S/C14H15N3O2S/c1-8-9(2)19-13(15-8)7-17-12-5-4-10(18-3)6-11(12)16-14(17)20/h4-6H,7H2,1-3H3,(H,16,20). The summed E-state index contributed by atoms with van der Waals surface area (Å²) in [6.07, 6.45) is 0. The third kappa shape index (κ3) is 2.12. The van der Waals surface area contributed by atoms with Gasteiger partial charge in [-0.05, 0) is 38.2 Å². The predicted octanol–water partition coefficient (Wildman–Crippen LogP) is 3.36. The molecule has 0 fully saturated rings. The molecule has 1 aromatic carbocycles. The Morgan fingerprint density at radius 1 is 1.40 bits per heavy atom. The van der Waals surface area contributed by atoms with Gasteiger partial charge in [0.15, 0.2) is 4.77 Å². The number of imidazole rings is 1. The van der Waals surface area contributed by atoms with E-state index in [9.17, 15) is 0 Å². The molecule has 0 bridgehead atoms. The SMILES string of the molecule is COc1ccc2c(c1)[nH]c(=S)n2Cc1nc(C)c(C)o1. The number of nitrogens with zero attached hydrogens (tertiary/aromatic N) is 2. The third-order valence-corrected chi connectivity index (χ3v) is 3.67. The first-order valence-electron chi connectivity index (χ1n) is 6.28. The number of fused-ring (bicyclic) bond motifs is 1. The molecular formula is C14H15N3O2S. The van der Waals surface area contributed by atoms with Gasteiger partial charge in [-0.3, -0.25) is 0 Å². The van der Waals surface area contributed by atoms with Crippen LogP contribution in [0.5, 0.6) is 5.75 Å². The van der Waals surface area contributed by atoms with E-state index in [0.717, 1.165) is 28.2 Å². The second kappa shape index (κ2) is 4.79. The Labute approximate surface area is 121 Å². The van der Waals surface area contributed by atoms with Crippen LogP contribution in [-0.4, -0.2) is 21.6 Å². The van der Waals surface area contributed by atoms with Crippen LogP contribution in [0.1, 0.15) is 17.3 Å². The lowest BCUT2D eigenvalue weighted by molar-refractivity contribution is 0.415. The van der Waals surface area contributed by atoms with Crippen molar-refractivity contribution in [1.29, 1.82) is 0 Å². The highest BCUT2D eigenvalue weighted by Gasteiger charge is 2.10. The van der Waals surface area contributed by atoms with Gasteiger partial charge in [-0.25, -0.2) is 4.98 Å². The first-order valence-corrected chi connectivity index (χ1v) is 6.69. The van der Waals surface area contributed by atoms with Crippen LogP contribution < -0.4 is 4.74 Å². The Morgan fingerprint density at radius 2 is 2.20 bits per heavy atom. The number of aromatic nitrogens is 3. The molecule has 0 spiro atoms. The maximum Gasteiger partial charge on any atom is 0.214 e. The minimum atomic E-state index is 0.514. The average Bonchev–Trinajstić information content (AvgIpc) is 2.90. The molecule has 0 saturated carbocycles. The van der Waals surface area contributed by atoms with Gasteiger partial charge in [0.1, 0.15) is 18.1 Å². The van der Waals surface area contributed by atoms with E-state index in [0.29, 0.717) is 17.2 Å². The van der Waals surface area contributed by atoms with Crippen LogP contribution in [0.3, 0.4) is 0 Å². The van der Waals surface area contributed by atoms with E-state index in [2.05, 4.69) is 9.97 Å². The molecule has 1 N–H and O–H groups in total. The lowest BCUT2D eigenvalue weighted by Gasteiger charge is -2.02. The second-order valence-corrected chi connectivity index (χ2v) is 5.04. The summed E-state index contributed by atoms with van der Waals surface area (Å²) in [7, 11) is 1.64. The van der Waals surface area contributed by atoms with Crippen molar-refractivity contribution in [3.05, 3.63) is 40.3 Å². The molecule has 5 nitrogen and oxygen atoms in total. The summed E-state index contributed by atoms with van der Waals surface area (Å²) in [5.41, 5.74) is 2.85. The molecule has 0 atom stereocenters. The first-order chi connectivity index (χ1) is 9.58. The van der Waals surface area contributed by atoms with Crippen LogP contribution in [0.2, 0.25) is 0 Å². The minimum absolute atomic E-state index is 0.514. The zero-order chi connectivity index (χ0) is 14.3. The Bertz CT molecular complexity index is 809. The molecule has 20 heavy (non-hydrogen) atoms. The lowest BCUT2D eigenvalue weighted by atomic mass is 10.3. The summed E-state index contributed by atoms with van der Waals surface area (Å²) in [5, 5.41) is 0. The molecule has 0 saturated heterocycles. The number of methoxy groups -OCH3 is 1. The summed E-state index contributed by atoms with van der Waals surface area (Å²) in [5.74, 6) is 2.30. The number of ether oxygens (including phenoxy) is 1. The molecule has 104 valence electrons. The number of H-pyrrole nitrogens is 1. The molecule has 2 heterocycles. The number of aryl methyl sites for hydroxylation is 2. The van der Waals surface area contributed by atoms with Crippen molar-refractivity contribution in [2.24, 2.45) is 0 Å². The molecule has 0 unspecified atom stereocenters. The highest BCUT2D eigenvalue weighted by atomic mass is 32.1. The van der Waals surface area contributed by atoms with E-state index >= 15 is 0 Å². The summed E-state index contributed by atoms with van der Waals surface area (Å²) in [4.78, 5) is 7.57. The van der Waals surface area contributed by atoms with Gasteiger partial charge in [-0.1, -0.05) is 0 Å². The summed E-state index contributed by atoms with van der Waals surface area (Å²) >= 11 is 5.37. The van der Waals surface area contributed by atoms with E-state index in [1.165, 1.54) is 0 Å². The monoisotopic (exact) mass is 289 g/mol. The molecule has 3 aromatic rings. The highest BCUT2D eigenvalue weighted by molar-refractivity contribution is 7.71. The van der Waals surface area contributed by atoms with E-state index in [4.69, 9.17) is 21.4 Å². The molecule has 0 aliphatic rings. The van der Waals surface area contributed by atoms with Crippen molar-refractivity contribution < 1.29 is 9.15 Å². The summed E-state index contributed by atoms with van der Waals surface area (Å²) < 4.78 is 13.4. The molecule has 6 heteroatoms. The Morgan fingerprint density at radius 3 is 2.85 bits per heavy atom. The number of rotatable bonds is 3. The quantitative estimate of drug-likeness (QED) is 0.751. The van der Waals surface area contributed by atoms with Gasteiger partial charge in [-0.2, -0.15) is 0 Å². The second-order valence-electron chi connectivity index (χ2n) is 4.65. The van der Waals surface area contributed by atoms with Gasteiger partial charge in [0.05, 0.1) is 23.8 Å². The number of hydrogen-bond acceptors (Lipinski definition) is 4. The fraction of sp³-hybridized carbons (Fsp3) is 0.286. The van der Waals surface area contributed by atoms with Gasteiger partial charge < -0.3 is 18.7 Å². The lowest BCUT2D eigenvalue weighted by Crippen LogP contribution is -2.00. The molecule has 0 aliphatic carbocycles. The topological polar surface area (TPSA) is 56.0 Å². The van der Waals surface area contributed by atoms with E-state index < -0.39 is 0 Å². The van der Waals surface area contributed by atoms with E-state index in [-0.39, 0.29) is 0 Å². The van der Waals surface area contributed by atoms with Crippen LogP contribution in [0.4, 0.5) is 0 Å². The van der Waals surface area contributed by atoms with Crippen molar-refractivity contribution >= 4 is 23.3 Å². The van der Waals surface area contributed by atoms with Crippen LogP contribution in [0.15, 0.2) is 22.6 Å². The summed E-state index contributed by atoms with van der Waals surface area (Å²) in [6, 6.07) is 5.81. The maximum absolute atomic E-state index is 5.62. The van der Waals surface area contributed by atoms with Gasteiger partial charge >= 0.3 is 0 Å². The largest absolute Gasteiger partial charge is 0.497 e. The number of aromatic amines is 1. The molecule has 3 rings (SSSR count). The fourth-order valence-corrected chi connectivity index (χ4v) is 2.44. The van der Waals surface area contributed by atoms with Gasteiger partial charge in [0.2, 0.25) is 5.89 Å². The van der Waals surface area contributed by atoms with Crippen LogP contribution in [-0.2, 0) is 6.54 Å². The van der Waals surface area contributed by atoms with E-state index in [1.54, 1.807) is 7.11 Å². The number of oxazole rings is 1. The minimum Gasteiger partial charge on any atom is -0.497 e. The molecule has 0 aliphatic heterocycles. The Balaban J connectivity index is 2.07. The Hall–Kier alpha value is -2.08. The van der Waals surface area contributed by atoms with Crippen molar-refractivity contribution in [3.8, 4) is 5.75 Å². The number of benzene rings is 1. The fourth-order valence-electron chi connectivity index (χ4n) is 2.17. The van der Waals surface area contributed by atoms with Crippen molar-refractivity contribution in [3.63, 3.8) is 0 Å². The number of hydrogen-bond donors (Lipinski definition) is 1. The predicted molar refractivity (Wildman–Crippen MR) is 78.8 cm³/mol. The van der Waals surface area contributed by atoms with Gasteiger partial charge in [0.25, 0.3) is 0 Å². The number of nitrogens with one attached hydrogen (secondary N) is 1. The molecule has 2 aromatic heterocycles. The zero-order valence-electron chi connectivity index (χ0n) is 11.6. The van der Waals surface area contributed by atoms with Crippen LogP contribution in [0, 0.1) is 18.6 Å².